The number of imide groups is 1. The van der Waals surface area contributed by atoms with Gasteiger partial charge in [0, 0.05) is 23.4 Å². The molecular formula is C25H20ClN3O4. The number of benzene rings is 3. The van der Waals surface area contributed by atoms with Gasteiger partial charge in [-0.3, -0.25) is 24.1 Å². The largest absolute Gasteiger partial charge is 0.314 e. The molecule has 0 radical (unpaired) electrons. The van der Waals surface area contributed by atoms with Crippen LogP contribution in [0.1, 0.15) is 20.7 Å². The second-order valence-corrected chi connectivity index (χ2v) is 7.92. The van der Waals surface area contributed by atoms with E-state index in [-0.39, 0.29) is 23.6 Å². The molecule has 1 aliphatic rings. The van der Waals surface area contributed by atoms with E-state index in [0.717, 1.165) is 4.90 Å². The highest BCUT2D eigenvalue weighted by molar-refractivity contribution is 6.30. The maximum absolute atomic E-state index is 13.3. The zero-order valence-corrected chi connectivity index (χ0v) is 18.5. The fourth-order valence-corrected chi connectivity index (χ4v) is 3.71. The molecule has 0 fully saturated rings. The van der Waals surface area contributed by atoms with Crippen LogP contribution in [-0.2, 0) is 9.59 Å². The molecule has 33 heavy (non-hydrogen) atoms. The number of nitrogens with zero attached hydrogens (tertiary/aromatic N) is 3. The van der Waals surface area contributed by atoms with E-state index in [2.05, 4.69) is 0 Å². The van der Waals surface area contributed by atoms with Crippen molar-refractivity contribution in [1.29, 1.82) is 0 Å². The normalized spacial score (nSPS) is 12.5. The van der Waals surface area contributed by atoms with Crippen molar-refractivity contribution in [2.45, 2.75) is 0 Å². The lowest BCUT2D eigenvalue weighted by Crippen LogP contribution is -2.47. The van der Waals surface area contributed by atoms with Crippen molar-refractivity contribution in [2.75, 3.05) is 29.9 Å². The Balaban J connectivity index is 1.56. The van der Waals surface area contributed by atoms with Crippen LogP contribution in [0.3, 0.4) is 0 Å². The Bertz CT molecular complexity index is 1190. The molecule has 166 valence electrons. The van der Waals surface area contributed by atoms with Crippen LogP contribution in [0.15, 0.2) is 78.9 Å². The predicted octanol–water partition coefficient (Wildman–Crippen LogP) is 3.63. The van der Waals surface area contributed by atoms with Gasteiger partial charge in [-0.05, 0) is 48.5 Å². The van der Waals surface area contributed by atoms with Crippen LogP contribution >= 0.6 is 11.6 Å². The standard InChI is InChI=1S/C25H20ClN3O4/c1-27(18-13-11-17(26)12-14-18)22(30)15-28(19-7-3-2-4-8-19)23(31)16-29-24(32)20-9-5-6-10-21(20)25(29)33/h2-14H,15-16H2,1H3. The summed E-state index contributed by atoms with van der Waals surface area (Å²) in [5.74, 6) is -1.95. The van der Waals surface area contributed by atoms with Crippen LogP contribution in [0.2, 0.25) is 5.02 Å². The highest BCUT2D eigenvalue weighted by atomic mass is 35.5. The fourth-order valence-electron chi connectivity index (χ4n) is 3.58. The number of halogens is 1. The minimum Gasteiger partial charge on any atom is -0.314 e. The fraction of sp³-hybridized carbons (Fsp3) is 0.120. The molecule has 8 heteroatoms. The smallest absolute Gasteiger partial charge is 0.262 e. The monoisotopic (exact) mass is 461 g/mol. The van der Waals surface area contributed by atoms with Crippen LogP contribution in [0, 0.1) is 0 Å². The molecule has 1 heterocycles. The van der Waals surface area contributed by atoms with Crippen molar-refractivity contribution in [3.8, 4) is 0 Å². The number of fused-ring (bicyclic) bond motifs is 1. The van der Waals surface area contributed by atoms with Crippen molar-refractivity contribution in [3.05, 3.63) is 95.0 Å². The molecule has 4 amide bonds. The number of carbonyl (C=O) groups excluding carboxylic acids is 4. The van der Waals surface area contributed by atoms with Gasteiger partial charge in [0.25, 0.3) is 11.8 Å². The van der Waals surface area contributed by atoms with Gasteiger partial charge in [0.1, 0.15) is 13.1 Å². The lowest BCUT2D eigenvalue weighted by Gasteiger charge is -2.27. The molecule has 0 bridgehead atoms. The molecule has 7 nitrogen and oxygen atoms in total. The van der Waals surface area contributed by atoms with Crippen LogP contribution in [-0.4, -0.2) is 48.7 Å². The lowest BCUT2D eigenvalue weighted by atomic mass is 10.1. The number of hydrogen-bond acceptors (Lipinski definition) is 4. The van der Waals surface area contributed by atoms with Gasteiger partial charge >= 0.3 is 0 Å². The van der Waals surface area contributed by atoms with Crippen molar-refractivity contribution >= 4 is 46.6 Å². The van der Waals surface area contributed by atoms with Gasteiger partial charge in [-0.25, -0.2) is 0 Å². The average molecular weight is 462 g/mol. The number of carbonyl (C=O) groups is 4. The second kappa shape index (κ2) is 9.26. The molecule has 0 aliphatic carbocycles. The number of anilines is 2. The Labute approximate surface area is 195 Å². The summed E-state index contributed by atoms with van der Waals surface area (Å²) >= 11 is 5.92. The SMILES string of the molecule is CN(C(=O)CN(C(=O)CN1C(=O)c2ccccc2C1=O)c1ccccc1)c1ccc(Cl)cc1. The van der Waals surface area contributed by atoms with Gasteiger partial charge in [-0.15, -0.1) is 0 Å². The Kier molecular flexibility index (Phi) is 6.24. The molecular weight excluding hydrogens is 442 g/mol. The third kappa shape index (κ3) is 4.49. The second-order valence-electron chi connectivity index (χ2n) is 7.49. The van der Waals surface area contributed by atoms with Crippen molar-refractivity contribution in [2.24, 2.45) is 0 Å². The molecule has 1 aliphatic heterocycles. The zero-order valence-electron chi connectivity index (χ0n) is 17.8. The summed E-state index contributed by atoms with van der Waals surface area (Å²) in [6.45, 7) is -0.746. The Morgan fingerprint density at radius 3 is 1.88 bits per heavy atom. The maximum Gasteiger partial charge on any atom is 0.262 e. The van der Waals surface area contributed by atoms with Crippen molar-refractivity contribution in [1.82, 2.24) is 4.90 Å². The quantitative estimate of drug-likeness (QED) is 0.525. The number of amides is 4. The molecule has 0 saturated heterocycles. The van der Waals surface area contributed by atoms with Crippen molar-refractivity contribution < 1.29 is 19.2 Å². The van der Waals surface area contributed by atoms with E-state index >= 15 is 0 Å². The van der Waals surface area contributed by atoms with E-state index in [1.54, 1.807) is 85.9 Å². The zero-order chi connectivity index (χ0) is 23.5. The molecule has 0 saturated carbocycles. The minimum atomic E-state index is -0.548. The molecule has 0 aromatic heterocycles. The van der Waals surface area contributed by atoms with Gasteiger partial charge in [0.15, 0.2) is 0 Å². The van der Waals surface area contributed by atoms with Gasteiger partial charge in [-0.1, -0.05) is 41.9 Å². The first-order valence-corrected chi connectivity index (χ1v) is 10.6. The first-order chi connectivity index (χ1) is 15.9. The van der Waals surface area contributed by atoms with Gasteiger partial charge in [0.05, 0.1) is 11.1 Å². The summed E-state index contributed by atoms with van der Waals surface area (Å²) in [6.07, 6.45) is 0. The van der Waals surface area contributed by atoms with Crippen LogP contribution in [0.5, 0.6) is 0 Å². The number of rotatable bonds is 6. The summed E-state index contributed by atoms with van der Waals surface area (Å²) in [4.78, 5) is 55.3. The van der Waals surface area contributed by atoms with E-state index < -0.39 is 24.3 Å². The Hall–Kier alpha value is -3.97. The average Bonchev–Trinajstić information content (AvgIpc) is 3.08. The van der Waals surface area contributed by atoms with Gasteiger partial charge in [-0.2, -0.15) is 0 Å². The summed E-state index contributed by atoms with van der Waals surface area (Å²) in [7, 11) is 1.60. The first kappa shape index (κ1) is 22.2. The minimum absolute atomic E-state index is 0.264. The summed E-state index contributed by atoms with van der Waals surface area (Å²) in [6, 6.07) is 21.8. The predicted molar refractivity (Wildman–Crippen MR) is 125 cm³/mol. The summed E-state index contributed by atoms with van der Waals surface area (Å²) < 4.78 is 0. The van der Waals surface area contributed by atoms with E-state index in [9.17, 15) is 19.2 Å². The highest BCUT2D eigenvalue weighted by Crippen LogP contribution is 2.24. The third-order valence-electron chi connectivity index (χ3n) is 5.42. The molecule has 0 atom stereocenters. The maximum atomic E-state index is 13.3. The van der Waals surface area contributed by atoms with Gasteiger partial charge in [0.2, 0.25) is 11.8 Å². The van der Waals surface area contributed by atoms with Gasteiger partial charge < -0.3 is 9.80 Å². The van der Waals surface area contributed by atoms with E-state index in [4.69, 9.17) is 11.6 Å². The lowest BCUT2D eigenvalue weighted by molar-refractivity contribution is -0.122. The summed E-state index contributed by atoms with van der Waals surface area (Å²) in [5, 5.41) is 0.543. The summed E-state index contributed by atoms with van der Waals surface area (Å²) in [5.41, 5.74) is 1.63. The van der Waals surface area contributed by atoms with E-state index in [1.165, 1.54) is 9.80 Å². The molecule has 0 spiro atoms. The molecule has 0 unspecified atom stereocenters. The van der Waals surface area contributed by atoms with Crippen molar-refractivity contribution in [3.63, 3.8) is 0 Å². The Morgan fingerprint density at radius 1 is 0.758 bits per heavy atom. The van der Waals surface area contributed by atoms with E-state index in [0.29, 0.717) is 16.4 Å². The first-order valence-electron chi connectivity index (χ1n) is 10.2. The van der Waals surface area contributed by atoms with Crippen LogP contribution in [0.4, 0.5) is 11.4 Å². The Morgan fingerprint density at radius 2 is 1.30 bits per heavy atom. The van der Waals surface area contributed by atoms with E-state index in [1.807, 2.05) is 0 Å². The molecule has 3 aromatic carbocycles. The number of likely N-dealkylation sites (N-methyl/N-ethyl adjacent to an activating group) is 1. The highest BCUT2D eigenvalue weighted by Gasteiger charge is 2.37. The van der Waals surface area contributed by atoms with Crippen LogP contribution in [0.25, 0.3) is 0 Å². The molecule has 0 N–H and O–H groups in total. The van der Waals surface area contributed by atoms with Crippen LogP contribution < -0.4 is 9.80 Å². The molecule has 4 rings (SSSR count). The third-order valence-corrected chi connectivity index (χ3v) is 5.67. The topological polar surface area (TPSA) is 78.0 Å². The number of hydrogen-bond donors (Lipinski definition) is 0. The number of para-hydroxylation sites is 1. The molecule has 3 aromatic rings.